The van der Waals surface area contributed by atoms with Crippen LogP contribution in [0.5, 0.6) is 0 Å². The van der Waals surface area contributed by atoms with Crippen LogP contribution in [0.25, 0.3) is 0 Å². The van der Waals surface area contributed by atoms with E-state index >= 15 is 0 Å². The van der Waals surface area contributed by atoms with Crippen molar-refractivity contribution in [3.8, 4) is 0 Å². The molecule has 3 heterocycles. The molecule has 0 aromatic rings. The van der Waals surface area contributed by atoms with Gasteiger partial charge in [0.15, 0.2) is 0 Å². The van der Waals surface area contributed by atoms with Crippen molar-refractivity contribution in [1.82, 2.24) is 10.6 Å². The van der Waals surface area contributed by atoms with Gasteiger partial charge in [-0.3, -0.25) is 4.79 Å². The highest BCUT2D eigenvalue weighted by Crippen LogP contribution is 2.32. The largest absolute Gasteiger partial charge is 0.381 e. The molecule has 0 radical (unpaired) electrons. The molecule has 0 saturated carbocycles. The van der Waals surface area contributed by atoms with Gasteiger partial charge in [-0.15, -0.1) is 0 Å². The minimum atomic E-state index is 0.220. The van der Waals surface area contributed by atoms with Gasteiger partial charge in [0, 0.05) is 44.9 Å². The number of piperidine rings is 1. The second kappa shape index (κ2) is 8.27. The lowest BCUT2D eigenvalue weighted by Gasteiger charge is -2.28. The summed E-state index contributed by atoms with van der Waals surface area (Å²) in [5.41, 5.74) is 0. The molecule has 2 N–H and O–H groups in total. The van der Waals surface area contributed by atoms with E-state index < -0.39 is 0 Å². The normalized spacial score (nSPS) is 32.1. The van der Waals surface area contributed by atoms with E-state index in [0.29, 0.717) is 30.5 Å². The molecule has 2 atom stereocenters. The maximum Gasteiger partial charge on any atom is 0.220 e. The highest BCUT2D eigenvalue weighted by atomic mass is 16.5. The van der Waals surface area contributed by atoms with Gasteiger partial charge in [0.05, 0.1) is 6.10 Å². The molecule has 3 saturated heterocycles. The highest BCUT2D eigenvalue weighted by molar-refractivity contribution is 5.76. The van der Waals surface area contributed by atoms with Gasteiger partial charge in [-0.2, -0.15) is 0 Å². The van der Waals surface area contributed by atoms with E-state index in [9.17, 15) is 4.79 Å². The molecule has 0 spiro atoms. The van der Waals surface area contributed by atoms with Crippen molar-refractivity contribution in [2.45, 2.75) is 69.6 Å². The average Bonchev–Trinajstić information content (AvgIpc) is 2.87. The smallest absolute Gasteiger partial charge is 0.220 e. The molecule has 3 fully saturated rings. The lowest BCUT2D eigenvalue weighted by molar-refractivity contribution is -0.122. The molecular weight excluding hydrogens is 280 g/mol. The Kier molecular flexibility index (Phi) is 6.10. The monoisotopic (exact) mass is 310 g/mol. The fraction of sp³-hybridized carbons (Fsp3) is 0.941. The molecular formula is C17H30N2O3. The summed E-state index contributed by atoms with van der Waals surface area (Å²) in [6.45, 7) is 3.11. The third kappa shape index (κ3) is 4.93. The van der Waals surface area contributed by atoms with Crippen LogP contribution < -0.4 is 10.6 Å². The third-order valence-electron chi connectivity index (χ3n) is 5.21. The number of amides is 1. The number of rotatable bonds is 7. The molecule has 1 amide bonds. The lowest BCUT2D eigenvalue weighted by Crippen LogP contribution is -2.39. The molecule has 126 valence electrons. The number of hydrogen-bond donors (Lipinski definition) is 2. The molecule has 0 aliphatic carbocycles. The minimum Gasteiger partial charge on any atom is -0.381 e. The van der Waals surface area contributed by atoms with Gasteiger partial charge < -0.3 is 20.1 Å². The topological polar surface area (TPSA) is 59.6 Å². The summed E-state index contributed by atoms with van der Waals surface area (Å²) in [6, 6.07) is 1.34. The Bertz CT molecular complexity index is 346. The van der Waals surface area contributed by atoms with Crippen LogP contribution in [0.15, 0.2) is 0 Å². The summed E-state index contributed by atoms with van der Waals surface area (Å²) >= 11 is 0. The molecule has 5 nitrogen and oxygen atoms in total. The Morgan fingerprint density at radius 2 is 1.86 bits per heavy atom. The van der Waals surface area contributed by atoms with E-state index in [2.05, 4.69) is 10.6 Å². The van der Waals surface area contributed by atoms with Crippen LogP contribution >= 0.6 is 0 Å². The van der Waals surface area contributed by atoms with E-state index in [1.807, 2.05) is 0 Å². The highest BCUT2D eigenvalue weighted by Gasteiger charge is 2.34. The first-order valence-corrected chi connectivity index (χ1v) is 9.01. The SMILES string of the molecule is O=C(CC1CC2CCC(C1)N2)NCCCOC1CCOCC1. The standard InChI is InChI=1S/C17H30N2O3/c20-17(12-13-10-14-2-3-15(11-13)19-14)18-6-1-7-22-16-4-8-21-9-5-16/h13-16,19H,1-12H2,(H,18,20). The Morgan fingerprint density at radius 3 is 2.59 bits per heavy atom. The van der Waals surface area contributed by atoms with E-state index in [1.165, 1.54) is 25.7 Å². The first kappa shape index (κ1) is 16.2. The number of hydrogen-bond acceptors (Lipinski definition) is 4. The fourth-order valence-corrected chi connectivity index (χ4v) is 4.07. The predicted octanol–water partition coefficient (Wildman–Crippen LogP) is 1.61. The molecule has 3 aliphatic rings. The van der Waals surface area contributed by atoms with Crippen molar-refractivity contribution in [2.75, 3.05) is 26.4 Å². The van der Waals surface area contributed by atoms with Crippen molar-refractivity contribution < 1.29 is 14.3 Å². The quantitative estimate of drug-likeness (QED) is 0.701. The maximum absolute atomic E-state index is 12.0. The van der Waals surface area contributed by atoms with Crippen LogP contribution in [0.3, 0.4) is 0 Å². The van der Waals surface area contributed by atoms with Crippen molar-refractivity contribution in [2.24, 2.45) is 5.92 Å². The van der Waals surface area contributed by atoms with Crippen LogP contribution in [0.4, 0.5) is 0 Å². The first-order chi connectivity index (χ1) is 10.8. The number of carbonyl (C=O) groups is 1. The molecule has 5 heteroatoms. The molecule has 0 aromatic carbocycles. The number of fused-ring (bicyclic) bond motifs is 2. The summed E-state index contributed by atoms with van der Waals surface area (Å²) in [7, 11) is 0. The molecule has 3 aliphatic heterocycles. The molecule has 22 heavy (non-hydrogen) atoms. The Morgan fingerprint density at radius 1 is 1.14 bits per heavy atom. The first-order valence-electron chi connectivity index (χ1n) is 9.01. The van der Waals surface area contributed by atoms with Crippen molar-refractivity contribution in [3.63, 3.8) is 0 Å². The maximum atomic E-state index is 12.0. The number of carbonyl (C=O) groups excluding carboxylic acids is 1. The average molecular weight is 310 g/mol. The Labute approximate surface area is 133 Å². The van der Waals surface area contributed by atoms with Crippen molar-refractivity contribution in [3.05, 3.63) is 0 Å². The van der Waals surface area contributed by atoms with Gasteiger partial charge >= 0.3 is 0 Å². The molecule has 0 aromatic heterocycles. The minimum absolute atomic E-state index is 0.220. The van der Waals surface area contributed by atoms with Crippen LogP contribution in [0.1, 0.15) is 51.4 Å². The van der Waals surface area contributed by atoms with Crippen LogP contribution in [0.2, 0.25) is 0 Å². The molecule has 3 rings (SSSR count). The van der Waals surface area contributed by atoms with Gasteiger partial charge in [0.2, 0.25) is 5.91 Å². The number of ether oxygens (including phenoxy) is 2. The second-order valence-electron chi connectivity index (χ2n) is 7.07. The van der Waals surface area contributed by atoms with Gasteiger partial charge in [-0.05, 0) is 50.9 Å². The summed E-state index contributed by atoms with van der Waals surface area (Å²) < 4.78 is 11.1. The fourth-order valence-electron chi connectivity index (χ4n) is 4.07. The van der Waals surface area contributed by atoms with E-state index in [-0.39, 0.29) is 5.91 Å². The summed E-state index contributed by atoms with van der Waals surface area (Å²) in [6.07, 6.45) is 8.92. The zero-order valence-corrected chi connectivity index (χ0v) is 13.5. The third-order valence-corrected chi connectivity index (χ3v) is 5.21. The van der Waals surface area contributed by atoms with E-state index in [1.54, 1.807) is 0 Å². The van der Waals surface area contributed by atoms with Crippen LogP contribution in [-0.4, -0.2) is 50.5 Å². The van der Waals surface area contributed by atoms with E-state index in [0.717, 1.165) is 45.6 Å². The predicted molar refractivity (Wildman–Crippen MR) is 84.7 cm³/mol. The summed E-state index contributed by atoms with van der Waals surface area (Å²) in [5, 5.41) is 6.68. The zero-order valence-electron chi connectivity index (χ0n) is 13.5. The zero-order chi connectivity index (χ0) is 15.2. The molecule has 2 unspecified atom stereocenters. The molecule has 2 bridgehead atoms. The van der Waals surface area contributed by atoms with Crippen molar-refractivity contribution >= 4 is 5.91 Å². The van der Waals surface area contributed by atoms with Crippen LogP contribution in [0, 0.1) is 5.92 Å². The van der Waals surface area contributed by atoms with Gasteiger partial charge in [0.1, 0.15) is 0 Å². The second-order valence-corrected chi connectivity index (χ2v) is 7.07. The van der Waals surface area contributed by atoms with Gasteiger partial charge in [-0.1, -0.05) is 0 Å². The lowest BCUT2D eigenvalue weighted by atomic mass is 9.89. The van der Waals surface area contributed by atoms with Crippen molar-refractivity contribution in [1.29, 1.82) is 0 Å². The Hall–Kier alpha value is -0.650. The number of nitrogens with one attached hydrogen (secondary N) is 2. The van der Waals surface area contributed by atoms with Crippen LogP contribution in [-0.2, 0) is 14.3 Å². The Balaban J connectivity index is 1.22. The summed E-state index contributed by atoms with van der Waals surface area (Å²) in [5.74, 6) is 0.801. The summed E-state index contributed by atoms with van der Waals surface area (Å²) in [4.78, 5) is 12.0. The van der Waals surface area contributed by atoms with Gasteiger partial charge in [0.25, 0.3) is 0 Å². The van der Waals surface area contributed by atoms with Gasteiger partial charge in [-0.25, -0.2) is 0 Å². The van der Waals surface area contributed by atoms with E-state index in [4.69, 9.17) is 9.47 Å².